The van der Waals surface area contributed by atoms with Crippen molar-refractivity contribution in [2.45, 2.75) is 70.5 Å². The summed E-state index contributed by atoms with van der Waals surface area (Å²) < 4.78 is 11.3. The summed E-state index contributed by atoms with van der Waals surface area (Å²) in [5.41, 5.74) is 1.47. The maximum atomic E-state index is 5.75. The standard InChI is InChI=1S/C19H30O2/c1(3-6-12-18-13-7-5-8-14-18)2-4-10-16-20-19-15-9-11-17-21-19/h5,7-8,13-14,19H,1-4,6,9-12,15-17H2. The maximum Gasteiger partial charge on any atom is 0.157 e. The fourth-order valence-corrected chi connectivity index (χ4v) is 2.84. The lowest BCUT2D eigenvalue weighted by Gasteiger charge is -2.22. The van der Waals surface area contributed by atoms with Crippen molar-refractivity contribution in [3.8, 4) is 0 Å². The lowest BCUT2D eigenvalue weighted by Crippen LogP contribution is -2.22. The first-order chi connectivity index (χ1) is 10.4. The van der Waals surface area contributed by atoms with Crippen molar-refractivity contribution >= 4 is 0 Å². The molecule has 0 radical (unpaired) electrons. The third kappa shape index (κ3) is 7.63. The van der Waals surface area contributed by atoms with Gasteiger partial charge in [0, 0.05) is 13.2 Å². The van der Waals surface area contributed by atoms with Gasteiger partial charge in [-0.3, -0.25) is 0 Å². The molecular weight excluding hydrogens is 260 g/mol. The third-order valence-electron chi connectivity index (χ3n) is 4.14. The Kier molecular flexibility index (Phi) is 8.50. The van der Waals surface area contributed by atoms with Crippen molar-refractivity contribution in [3.05, 3.63) is 35.9 Å². The summed E-state index contributed by atoms with van der Waals surface area (Å²) in [5, 5.41) is 0. The van der Waals surface area contributed by atoms with Crippen LogP contribution in [0.15, 0.2) is 30.3 Å². The first-order valence-electron chi connectivity index (χ1n) is 8.72. The molecule has 21 heavy (non-hydrogen) atoms. The summed E-state index contributed by atoms with van der Waals surface area (Å²) in [6.07, 6.45) is 12.7. The van der Waals surface area contributed by atoms with Crippen LogP contribution in [-0.2, 0) is 15.9 Å². The Hall–Kier alpha value is -0.860. The van der Waals surface area contributed by atoms with E-state index in [0.29, 0.717) is 0 Å². The van der Waals surface area contributed by atoms with Gasteiger partial charge in [0.2, 0.25) is 0 Å². The van der Waals surface area contributed by atoms with Crippen LogP contribution in [0, 0.1) is 0 Å². The second-order valence-electron chi connectivity index (χ2n) is 6.02. The third-order valence-corrected chi connectivity index (χ3v) is 4.14. The molecule has 2 rings (SSSR count). The van der Waals surface area contributed by atoms with Gasteiger partial charge in [0.05, 0.1) is 0 Å². The minimum atomic E-state index is 0.0876. The lowest BCUT2D eigenvalue weighted by molar-refractivity contribution is -0.162. The summed E-state index contributed by atoms with van der Waals surface area (Å²) in [7, 11) is 0. The fraction of sp³-hybridized carbons (Fsp3) is 0.684. The zero-order valence-electron chi connectivity index (χ0n) is 13.3. The van der Waals surface area contributed by atoms with Crippen molar-refractivity contribution in [2.24, 2.45) is 0 Å². The van der Waals surface area contributed by atoms with Crippen LogP contribution >= 0.6 is 0 Å². The van der Waals surface area contributed by atoms with Crippen molar-refractivity contribution < 1.29 is 9.47 Å². The van der Waals surface area contributed by atoms with Crippen molar-refractivity contribution in [3.63, 3.8) is 0 Å². The summed E-state index contributed by atoms with van der Waals surface area (Å²) >= 11 is 0. The van der Waals surface area contributed by atoms with Crippen LogP contribution in [0.1, 0.15) is 63.4 Å². The van der Waals surface area contributed by atoms with Crippen LogP contribution < -0.4 is 0 Å². The summed E-state index contributed by atoms with van der Waals surface area (Å²) in [4.78, 5) is 0. The average Bonchev–Trinajstić information content (AvgIpc) is 2.55. The minimum absolute atomic E-state index is 0.0876. The Morgan fingerprint density at radius 1 is 0.905 bits per heavy atom. The average molecular weight is 290 g/mol. The molecule has 0 bridgehead atoms. The number of unbranched alkanes of at least 4 members (excludes halogenated alkanes) is 5. The summed E-state index contributed by atoms with van der Waals surface area (Å²) in [6.45, 7) is 1.75. The molecule has 0 N–H and O–H groups in total. The Morgan fingerprint density at radius 2 is 1.67 bits per heavy atom. The Labute approximate surface area is 129 Å². The highest BCUT2D eigenvalue weighted by Gasteiger charge is 2.13. The van der Waals surface area contributed by atoms with E-state index in [1.165, 1.54) is 63.4 Å². The molecule has 0 saturated carbocycles. The molecule has 1 atom stereocenters. The van der Waals surface area contributed by atoms with Gasteiger partial charge in [0.1, 0.15) is 0 Å². The van der Waals surface area contributed by atoms with E-state index in [0.717, 1.165) is 19.6 Å². The van der Waals surface area contributed by atoms with Crippen molar-refractivity contribution in [2.75, 3.05) is 13.2 Å². The van der Waals surface area contributed by atoms with E-state index in [-0.39, 0.29) is 6.29 Å². The van der Waals surface area contributed by atoms with Gasteiger partial charge >= 0.3 is 0 Å². The monoisotopic (exact) mass is 290 g/mol. The Balaban J connectivity index is 1.35. The van der Waals surface area contributed by atoms with E-state index in [4.69, 9.17) is 9.47 Å². The van der Waals surface area contributed by atoms with Crippen LogP contribution in [0.2, 0.25) is 0 Å². The molecule has 1 aliphatic rings. The summed E-state index contributed by atoms with van der Waals surface area (Å²) in [6, 6.07) is 10.8. The zero-order valence-corrected chi connectivity index (χ0v) is 13.3. The Morgan fingerprint density at radius 3 is 2.43 bits per heavy atom. The van der Waals surface area contributed by atoms with E-state index in [1.807, 2.05) is 0 Å². The molecule has 0 spiro atoms. The molecule has 1 heterocycles. The molecule has 2 heteroatoms. The normalized spacial score (nSPS) is 18.8. The second kappa shape index (κ2) is 10.8. The molecule has 1 unspecified atom stereocenters. The van der Waals surface area contributed by atoms with Gasteiger partial charge in [0.25, 0.3) is 0 Å². The highest BCUT2D eigenvalue weighted by Crippen LogP contribution is 2.15. The van der Waals surface area contributed by atoms with E-state index < -0.39 is 0 Å². The molecular formula is C19H30O2. The topological polar surface area (TPSA) is 18.5 Å². The molecule has 0 amide bonds. The van der Waals surface area contributed by atoms with Crippen molar-refractivity contribution in [1.82, 2.24) is 0 Å². The highest BCUT2D eigenvalue weighted by atomic mass is 16.7. The SMILES string of the molecule is c1ccc(CCCCCCCCOC2CCCCO2)cc1. The number of aryl methyl sites for hydroxylation is 1. The van der Waals surface area contributed by atoms with Gasteiger partial charge in [-0.2, -0.15) is 0 Å². The predicted octanol–water partition coefficient (Wildman–Crippen LogP) is 5.11. The minimum Gasteiger partial charge on any atom is -0.353 e. The van der Waals surface area contributed by atoms with Gasteiger partial charge in [-0.05, 0) is 44.1 Å². The van der Waals surface area contributed by atoms with Gasteiger partial charge in [-0.15, -0.1) is 0 Å². The number of hydrogen-bond donors (Lipinski definition) is 0. The number of ether oxygens (including phenoxy) is 2. The molecule has 1 saturated heterocycles. The molecule has 1 aliphatic heterocycles. The zero-order chi connectivity index (χ0) is 14.6. The van der Waals surface area contributed by atoms with Gasteiger partial charge < -0.3 is 9.47 Å². The van der Waals surface area contributed by atoms with Crippen LogP contribution in [0.3, 0.4) is 0 Å². The van der Waals surface area contributed by atoms with Gasteiger partial charge in [-0.1, -0.05) is 56.0 Å². The first kappa shape index (κ1) is 16.5. The highest BCUT2D eigenvalue weighted by molar-refractivity contribution is 5.14. The number of benzene rings is 1. The van der Waals surface area contributed by atoms with E-state index in [9.17, 15) is 0 Å². The molecule has 2 nitrogen and oxygen atoms in total. The van der Waals surface area contributed by atoms with E-state index in [1.54, 1.807) is 0 Å². The van der Waals surface area contributed by atoms with Gasteiger partial charge in [0.15, 0.2) is 6.29 Å². The fourth-order valence-electron chi connectivity index (χ4n) is 2.84. The van der Waals surface area contributed by atoms with Crippen LogP contribution in [0.4, 0.5) is 0 Å². The molecule has 0 aromatic heterocycles. The van der Waals surface area contributed by atoms with Crippen LogP contribution in [0.25, 0.3) is 0 Å². The lowest BCUT2D eigenvalue weighted by atomic mass is 10.1. The quantitative estimate of drug-likeness (QED) is 0.557. The van der Waals surface area contributed by atoms with Crippen LogP contribution in [0.5, 0.6) is 0 Å². The molecule has 1 fully saturated rings. The summed E-state index contributed by atoms with van der Waals surface area (Å²) in [5.74, 6) is 0. The second-order valence-corrected chi connectivity index (χ2v) is 6.02. The van der Waals surface area contributed by atoms with E-state index >= 15 is 0 Å². The Bertz CT molecular complexity index is 344. The van der Waals surface area contributed by atoms with E-state index in [2.05, 4.69) is 30.3 Å². The number of hydrogen-bond acceptors (Lipinski definition) is 2. The molecule has 1 aromatic carbocycles. The maximum absolute atomic E-state index is 5.75. The largest absolute Gasteiger partial charge is 0.353 e. The first-order valence-corrected chi connectivity index (χ1v) is 8.72. The molecule has 118 valence electrons. The molecule has 1 aromatic rings. The van der Waals surface area contributed by atoms with Gasteiger partial charge in [-0.25, -0.2) is 0 Å². The van der Waals surface area contributed by atoms with Crippen LogP contribution in [-0.4, -0.2) is 19.5 Å². The predicted molar refractivity (Wildman–Crippen MR) is 87.4 cm³/mol. The smallest absolute Gasteiger partial charge is 0.157 e. The van der Waals surface area contributed by atoms with Crippen molar-refractivity contribution in [1.29, 1.82) is 0 Å². The number of rotatable bonds is 10. The molecule has 0 aliphatic carbocycles.